The average Bonchev–Trinajstić information content (AvgIpc) is 2.60. The highest BCUT2D eigenvalue weighted by atomic mass is 19.1. The van der Waals surface area contributed by atoms with E-state index in [0.29, 0.717) is 17.2 Å². The molecule has 2 aromatic rings. The minimum Gasteiger partial charge on any atom is -0.387 e. The lowest BCUT2D eigenvalue weighted by atomic mass is 9.73. The Balaban J connectivity index is 1.69. The second kappa shape index (κ2) is 5.69. The van der Waals surface area contributed by atoms with E-state index < -0.39 is 6.10 Å². The van der Waals surface area contributed by atoms with Crippen LogP contribution < -0.4 is 0 Å². The fourth-order valence-corrected chi connectivity index (χ4v) is 4.31. The minimum atomic E-state index is -0.615. The van der Waals surface area contributed by atoms with Crippen molar-refractivity contribution in [3.8, 4) is 0 Å². The first-order valence-corrected chi connectivity index (χ1v) is 8.26. The largest absolute Gasteiger partial charge is 0.387 e. The lowest BCUT2D eigenvalue weighted by Crippen LogP contribution is -2.54. The molecule has 1 aromatic carbocycles. The molecule has 4 heterocycles. The number of fused-ring (bicyclic) bond motifs is 4. The monoisotopic (exact) mass is 312 g/mol. The maximum Gasteiger partial charge on any atom is 0.123 e. The number of nitrogens with zero attached hydrogens (tertiary/aromatic N) is 2. The van der Waals surface area contributed by atoms with Crippen molar-refractivity contribution in [2.45, 2.75) is 25.0 Å². The van der Waals surface area contributed by atoms with Crippen LogP contribution in [0.3, 0.4) is 0 Å². The van der Waals surface area contributed by atoms with E-state index in [0.717, 1.165) is 30.6 Å². The van der Waals surface area contributed by atoms with E-state index in [1.54, 1.807) is 12.3 Å². The fraction of sp³-hybridized carbons (Fsp3) is 0.421. The molecular weight excluding hydrogens is 291 g/mol. The Labute approximate surface area is 135 Å². The van der Waals surface area contributed by atoms with Gasteiger partial charge < -0.3 is 5.11 Å². The van der Waals surface area contributed by atoms with E-state index in [2.05, 4.69) is 22.5 Å². The molecule has 3 aliphatic rings. The van der Waals surface area contributed by atoms with Gasteiger partial charge in [0.1, 0.15) is 5.82 Å². The Kier molecular flexibility index (Phi) is 3.66. The van der Waals surface area contributed by atoms with Gasteiger partial charge in [0.05, 0.1) is 11.6 Å². The van der Waals surface area contributed by atoms with Crippen molar-refractivity contribution < 1.29 is 9.50 Å². The van der Waals surface area contributed by atoms with Gasteiger partial charge in [0.25, 0.3) is 0 Å². The van der Waals surface area contributed by atoms with Crippen molar-refractivity contribution in [3.63, 3.8) is 0 Å². The minimum absolute atomic E-state index is 0.0961. The van der Waals surface area contributed by atoms with Gasteiger partial charge in [0.2, 0.25) is 0 Å². The summed E-state index contributed by atoms with van der Waals surface area (Å²) in [4.78, 5) is 6.64. The smallest absolute Gasteiger partial charge is 0.123 e. The predicted molar refractivity (Wildman–Crippen MR) is 88.4 cm³/mol. The van der Waals surface area contributed by atoms with Crippen LogP contribution in [0.5, 0.6) is 0 Å². The second-order valence-electron chi connectivity index (χ2n) is 6.75. The van der Waals surface area contributed by atoms with E-state index in [-0.39, 0.29) is 11.9 Å². The van der Waals surface area contributed by atoms with Crippen LogP contribution in [0, 0.1) is 17.7 Å². The molecule has 3 fully saturated rings. The van der Waals surface area contributed by atoms with E-state index in [1.165, 1.54) is 18.6 Å². The molecule has 3 aliphatic heterocycles. The number of halogens is 1. The highest BCUT2D eigenvalue weighted by Crippen LogP contribution is 2.41. The summed E-state index contributed by atoms with van der Waals surface area (Å²) in [5, 5.41) is 11.7. The number of pyridine rings is 1. The number of hydrogen-bond donors (Lipinski definition) is 1. The van der Waals surface area contributed by atoms with E-state index in [1.807, 2.05) is 6.07 Å². The zero-order valence-electron chi connectivity index (χ0n) is 13.0. The van der Waals surface area contributed by atoms with Crippen LogP contribution in [0.1, 0.15) is 24.5 Å². The fourth-order valence-electron chi connectivity index (χ4n) is 4.31. The number of aliphatic hydroxyl groups is 1. The van der Waals surface area contributed by atoms with Gasteiger partial charge >= 0.3 is 0 Å². The molecule has 4 unspecified atom stereocenters. The summed E-state index contributed by atoms with van der Waals surface area (Å²) in [7, 11) is 0. The molecule has 23 heavy (non-hydrogen) atoms. The topological polar surface area (TPSA) is 36.4 Å². The van der Waals surface area contributed by atoms with Crippen LogP contribution in [-0.4, -0.2) is 34.1 Å². The molecule has 1 N–H and O–H groups in total. The standard InChI is InChI=1S/C19H21FN2O/c1-2-12-11-22-8-6-13(12)9-18(22)19(23)15-5-7-21-17-4-3-14(20)10-16(15)17/h2-5,7,10,12-13,18-19,23H,1,6,8-9,11H2/t12?,13?,18?,19-/m1/s1. The Morgan fingerprint density at radius 3 is 3.00 bits per heavy atom. The van der Waals surface area contributed by atoms with Crippen molar-refractivity contribution in [3.05, 3.63) is 54.5 Å². The molecule has 5 atom stereocenters. The van der Waals surface area contributed by atoms with Crippen molar-refractivity contribution >= 4 is 10.9 Å². The maximum absolute atomic E-state index is 13.6. The van der Waals surface area contributed by atoms with Crippen molar-refractivity contribution in [1.82, 2.24) is 9.88 Å². The number of aromatic nitrogens is 1. The predicted octanol–water partition coefficient (Wildman–Crippen LogP) is 3.30. The summed E-state index contributed by atoms with van der Waals surface area (Å²) in [6.45, 7) is 5.93. The van der Waals surface area contributed by atoms with Crippen molar-refractivity contribution in [2.24, 2.45) is 11.8 Å². The van der Waals surface area contributed by atoms with Crippen molar-refractivity contribution in [1.29, 1.82) is 0 Å². The summed E-state index contributed by atoms with van der Waals surface area (Å²) in [6.07, 6.45) is 5.27. The molecule has 0 saturated carbocycles. The molecule has 3 nitrogen and oxygen atoms in total. The third-order valence-corrected chi connectivity index (χ3v) is 5.57. The third kappa shape index (κ3) is 2.46. The van der Waals surface area contributed by atoms with Crippen molar-refractivity contribution in [2.75, 3.05) is 13.1 Å². The molecule has 0 radical (unpaired) electrons. The van der Waals surface area contributed by atoms with Gasteiger partial charge in [-0.2, -0.15) is 0 Å². The van der Waals surface area contributed by atoms with Gasteiger partial charge in [0, 0.05) is 24.2 Å². The van der Waals surface area contributed by atoms with Gasteiger partial charge in [0.15, 0.2) is 0 Å². The van der Waals surface area contributed by atoms with E-state index in [9.17, 15) is 9.50 Å². The zero-order valence-corrected chi connectivity index (χ0v) is 13.0. The van der Waals surface area contributed by atoms with Crippen LogP contribution in [0.4, 0.5) is 4.39 Å². The SMILES string of the molecule is C=CC1CN2CCC1CC2[C@H](O)c1ccnc2ccc(F)cc12. The second-order valence-corrected chi connectivity index (χ2v) is 6.75. The number of rotatable bonds is 3. The lowest BCUT2D eigenvalue weighted by molar-refractivity contribution is -0.0444. The summed E-state index contributed by atoms with van der Waals surface area (Å²) in [6, 6.07) is 6.47. The third-order valence-electron chi connectivity index (χ3n) is 5.57. The number of benzene rings is 1. The van der Waals surface area contributed by atoms with Gasteiger partial charge in [-0.25, -0.2) is 4.39 Å². The molecule has 120 valence electrons. The lowest BCUT2D eigenvalue weighted by Gasteiger charge is -2.50. The molecule has 4 heteroatoms. The first-order chi connectivity index (χ1) is 11.2. The van der Waals surface area contributed by atoms with Gasteiger partial charge in [-0.15, -0.1) is 6.58 Å². The number of aliphatic hydroxyl groups excluding tert-OH is 1. The molecule has 3 saturated heterocycles. The molecule has 2 bridgehead atoms. The molecular formula is C19H21FN2O. The molecule has 1 aromatic heterocycles. The Morgan fingerprint density at radius 1 is 1.39 bits per heavy atom. The summed E-state index contributed by atoms with van der Waals surface area (Å²) in [5.41, 5.74) is 1.50. The van der Waals surface area contributed by atoms with Gasteiger partial charge in [-0.1, -0.05) is 6.08 Å². The maximum atomic E-state index is 13.6. The molecule has 0 amide bonds. The number of piperidine rings is 3. The van der Waals surface area contributed by atoms with Gasteiger partial charge in [-0.3, -0.25) is 9.88 Å². The summed E-state index contributed by atoms with van der Waals surface area (Å²) >= 11 is 0. The average molecular weight is 312 g/mol. The quantitative estimate of drug-likeness (QED) is 0.884. The van der Waals surface area contributed by atoms with Gasteiger partial charge in [-0.05, 0) is 61.1 Å². The number of hydrogen-bond acceptors (Lipinski definition) is 3. The normalized spacial score (nSPS) is 31.2. The zero-order chi connectivity index (χ0) is 16.0. The van der Waals surface area contributed by atoms with Crippen LogP contribution in [0.25, 0.3) is 10.9 Å². The van der Waals surface area contributed by atoms with Crippen LogP contribution in [-0.2, 0) is 0 Å². The van der Waals surface area contributed by atoms with Crippen LogP contribution >= 0.6 is 0 Å². The van der Waals surface area contributed by atoms with Crippen LogP contribution in [0.15, 0.2) is 43.1 Å². The summed E-state index contributed by atoms with van der Waals surface area (Å²) in [5.74, 6) is 0.831. The molecule has 0 aliphatic carbocycles. The summed E-state index contributed by atoms with van der Waals surface area (Å²) < 4.78 is 13.6. The van der Waals surface area contributed by atoms with E-state index in [4.69, 9.17) is 0 Å². The molecule has 5 rings (SSSR count). The first-order valence-electron chi connectivity index (χ1n) is 8.26. The Hall–Kier alpha value is -1.78. The van der Waals surface area contributed by atoms with Crippen LogP contribution in [0.2, 0.25) is 0 Å². The van der Waals surface area contributed by atoms with E-state index >= 15 is 0 Å². The highest BCUT2D eigenvalue weighted by molar-refractivity contribution is 5.82. The Bertz CT molecular complexity index is 747. The highest BCUT2D eigenvalue weighted by Gasteiger charge is 2.42. The molecule has 0 spiro atoms. The Morgan fingerprint density at radius 2 is 2.26 bits per heavy atom. The first kappa shape index (κ1) is 14.8.